The van der Waals surface area contributed by atoms with Crippen LogP contribution < -0.4 is 0 Å². The van der Waals surface area contributed by atoms with Crippen LogP contribution in [0.1, 0.15) is 34.8 Å². The summed E-state index contributed by atoms with van der Waals surface area (Å²) in [7, 11) is 0. The maximum absolute atomic E-state index is 11.7. The van der Waals surface area contributed by atoms with Gasteiger partial charge in [0.2, 0.25) is 11.5 Å². The number of furan rings is 1. The van der Waals surface area contributed by atoms with E-state index in [9.17, 15) is 9.59 Å². The SMILES string of the molecule is CCOC(=O)c1cc2c(=S)c(C(=O)OCC)c[nH]c2o1. The molecule has 1 N–H and O–H groups in total. The minimum Gasteiger partial charge on any atom is -0.462 e. The number of aromatic nitrogens is 1. The zero-order valence-electron chi connectivity index (χ0n) is 11.0. The van der Waals surface area contributed by atoms with Crippen molar-refractivity contribution in [1.29, 1.82) is 0 Å². The van der Waals surface area contributed by atoms with E-state index < -0.39 is 11.9 Å². The first kappa shape index (κ1) is 14.3. The summed E-state index contributed by atoms with van der Waals surface area (Å²) in [5.74, 6) is -1.07. The van der Waals surface area contributed by atoms with E-state index in [2.05, 4.69) is 4.98 Å². The Balaban J connectivity index is 2.48. The summed E-state index contributed by atoms with van der Waals surface area (Å²) in [6.07, 6.45) is 1.40. The molecule has 0 saturated carbocycles. The molecule has 0 aliphatic rings. The average Bonchev–Trinajstić information content (AvgIpc) is 2.84. The van der Waals surface area contributed by atoms with Crippen molar-refractivity contribution in [3.8, 4) is 0 Å². The van der Waals surface area contributed by atoms with E-state index in [-0.39, 0.29) is 29.0 Å². The molecule has 2 aromatic rings. The largest absolute Gasteiger partial charge is 0.462 e. The van der Waals surface area contributed by atoms with Crippen LogP contribution in [-0.4, -0.2) is 30.1 Å². The topological polar surface area (TPSA) is 81.5 Å². The highest BCUT2D eigenvalue weighted by atomic mass is 32.1. The summed E-state index contributed by atoms with van der Waals surface area (Å²) in [5.41, 5.74) is 0.539. The molecule has 2 rings (SSSR count). The third-order valence-corrected chi connectivity index (χ3v) is 2.98. The Kier molecular flexibility index (Phi) is 4.19. The lowest BCUT2D eigenvalue weighted by molar-refractivity contribution is 0.0489. The summed E-state index contributed by atoms with van der Waals surface area (Å²) in [6, 6.07) is 1.45. The lowest BCUT2D eigenvalue weighted by Gasteiger charge is -2.01. The number of ether oxygens (including phenoxy) is 2. The van der Waals surface area contributed by atoms with Crippen LogP contribution in [0.2, 0.25) is 0 Å². The number of rotatable bonds is 4. The number of carbonyl (C=O) groups excluding carboxylic acids is 2. The lowest BCUT2D eigenvalue weighted by atomic mass is 10.2. The normalized spacial score (nSPS) is 10.5. The van der Waals surface area contributed by atoms with Gasteiger partial charge in [-0.05, 0) is 13.8 Å². The first-order valence-electron chi connectivity index (χ1n) is 6.08. The molecule has 6 nitrogen and oxygen atoms in total. The summed E-state index contributed by atoms with van der Waals surface area (Å²) >= 11 is 5.22. The number of carbonyl (C=O) groups is 2. The van der Waals surface area contributed by atoms with Crippen molar-refractivity contribution in [2.75, 3.05) is 13.2 Å². The van der Waals surface area contributed by atoms with Crippen molar-refractivity contribution in [1.82, 2.24) is 4.98 Å². The fourth-order valence-electron chi connectivity index (χ4n) is 1.68. The Labute approximate surface area is 119 Å². The zero-order chi connectivity index (χ0) is 14.7. The molecule has 0 amide bonds. The van der Waals surface area contributed by atoms with Gasteiger partial charge >= 0.3 is 11.9 Å². The fraction of sp³-hybridized carbons (Fsp3) is 0.308. The highest BCUT2D eigenvalue weighted by Crippen LogP contribution is 2.22. The van der Waals surface area contributed by atoms with Crippen molar-refractivity contribution in [2.24, 2.45) is 0 Å². The Bertz CT molecular complexity index is 715. The molecule has 0 aliphatic carbocycles. The number of hydrogen-bond donors (Lipinski definition) is 1. The van der Waals surface area contributed by atoms with Crippen LogP contribution in [0.5, 0.6) is 0 Å². The third kappa shape index (κ3) is 2.57. The molecular weight excluding hydrogens is 282 g/mol. The highest BCUT2D eigenvalue weighted by Gasteiger charge is 2.17. The van der Waals surface area contributed by atoms with Crippen LogP contribution in [0.15, 0.2) is 16.7 Å². The summed E-state index contributed by atoms with van der Waals surface area (Å²) in [5, 5.41) is 0.466. The van der Waals surface area contributed by atoms with Crippen molar-refractivity contribution in [3.63, 3.8) is 0 Å². The Morgan fingerprint density at radius 3 is 2.55 bits per heavy atom. The lowest BCUT2D eigenvalue weighted by Crippen LogP contribution is -2.05. The van der Waals surface area contributed by atoms with Crippen molar-refractivity contribution in [2.45, 2.75) is 13.8 Å². The molecule has 0 aromatic carbocycles. The monoisotopic (exact) mass is 295 g/mol. The summed E-state index contributed by atoms with van der Waals surface area (Å²) < 4.78 is 15.3. The van der Waals surface area contributed by atoms with Gasteiger partial charge in [0.15, 0.2) is 0 Å². The molecule has 0 spiro atoms. The number of aromatic amines is 1. The van der Waals surface area contributed by atoms with E-state index >= 15 is 0 Å². The molecule has 0 atom stereocenters. The first-order valence-corrected chi connectivity index (χ1v) is 6.48. The zero-order valence-corrected chi connectivity index (χ0v) is 11.8. The predicted molar refractivity (Wildman–Crippen MR) is 73.3 cm³/mol. The Morgan fingerprint density at radius 1 is 1.25 bits per heavy atom. The van der Waals surface area contributed by atoms with Gasteiger partial charge in [0.25, 0.3) is 0 Å². The second-order valence-electron chi connectivity index (χ2n) is 3.83. The maximum Gasteiger partial charge on any atom is 0.374 e. The highest BCUT2D eigenvalue weighted by molar-refractivity contribution is 7.71. The average molecular weight is 295 g/mol. The van der Waals surface area contributed by atoms with Gasteiger partial charge in [-0.2, -0.15) is 0 Å². The molecule has 2 heterocycles. The minimum atomic E-state index is -0.579. The first-order chi connectivity index (χ1) is 9.58. The Morgan fingerprint density at radius 2 is 1.90 bits per heavy atom. The predicted octanol–water partition coefficient (Wildman–Crippen LogP) is 2.84. The van der Waals surface area contributed by atoms with Gasteiger partial charge in [0, 0.05) is 12.3 Å². The quantitative estimate of drug-likeness (QED) is 0.690. The van der Waals surface area contributed by atoms with Crippen molar-refractivity contribution >= 4 is 35.3 Å². The molecule has 0 fully saturated rings. The number of fused-ring (bicyclic) bond motifs is 1. The molecule has 20 heavy (non-hydrogen) atoms. The molecular formula is C13H13NO5S. The maximum atomic E-state index is 11.7. The number of esters is 2. The van der Waals surface area contributed by atoms with E-state index in [0.717, 1.165) is 0 Å². The van der Waals surface area contributed by atoms with E-state index in [1.54, 1.807) is 13.8 Å². The summed E-state index contributed by atoms with van der Waals surface area (Å²) in [4.78, 5) is 26.1. The fourth-order valence-corrected chi connectivity index (χ4v) is 1.97. The Hall–Kier alpha value is -2.15. The van der Waals surface area contributed by atoms with E-state index in [0.29, 0.717) is 11.1 Å². The van der Waals surface area contributed by atoms with Gasteiger partial charge in [-0.15, -0.1) is 0 Å². The second-order valence-corrected chi connectivity index (χ2v) is 4.23. The van der Waals surface area contributed by atoms with Crippen LogP contribution in [0.3, 0.4) is 0 Å². The molecule has 2 aromatic heterocycles. The molecule has 0 bridgehead atoms. The summed E-state index contributed by atoms with van der Waals surface area (Å²) in [6.45, 7) is 3.91. The number of H-pyrrole nitrogens is 1. The van der Waals surface area contributed by atoms with Gasteiger partial charge in [-0.25, -0.2) is 9.59 Å². The van der Waals surface area contributed by atoms with Crippen LogP contribution in [-0.2, 0) is 9.47 Å². The molecule has 0 aliphatic heterocycles. The van der Waals surface area contributed by atoms with Gasteiger partial charge in [0.05, 0.1) is 28.7 Å². The second kappa shape index (κ2) is 5.87. The molecule has 0 saturated heterocycles. The smallest absolute Gasteiger partial charge is 0.374 e. The van der Waals surface area contributed by atoms with Gasteiger partial charge in [0.1, 0.15) is 0 Å². The van der Waals surface area contributed by atoms with Crippen molar-refractivity contribution in [3.05, 3.63) is 28.1 Å². The minimum absolute atomic E-state index is 0.0326. The van der Waals surface area contributed by atoms with Gasteiger partial charge < -0.3 is 18.9 Å². The van der Waals surface area contributed by atoms with E-state index in [1.807, 2.05) is 0 Å². The standard InChI is InChI=1S/C13H13NO5S/c1-3-17-12(15)8-6-14-11-7(10(8)20)5-9(19-11)13(16)18-4-2/h5-6H,3-4H2,1-2H3,(H,14,20). The number of nitrogens with one attached hydrogen (secondary N) is 1. The third-order valence-electron chi connectivity index (χ3n) is 2.54. The number of hydrogen-bond acceptors (Lipinski definition) is 6. The van der Waals surface area contributed by atoms with Crippen LogP contribution in [0, 0.1) is 4.51 Å². The van der Waals surface area contributed by atoms with Crippen molar-refractivity contribution < 1.29 is 23.5 Å². The molecule has 106 valence electrons. The van der Waals surface area contributed by atoms with E-state index in [1.165, 1.54) is 12.3 Å². The van der Waals surface area contributed by atoms with Crippen LogP contribution in [0.4, 0.5) is 0 Å². The molecule has 7 heteroatoms. The number of pyridine rings is 1. The molecule has 0 radical (unpaired) electrons. The molecule has 0 unspecified atom stereocenters. The van der Waals surface area contributed by atoms with Crippen LogP contribution in [0.25, 0.3) is 11.1 Å². The van der Waals surface area contributed by atoms with Gasteiger partial charge in [-0.1, -0.05) is 12.2 Å². The van der Waals surface area contributed by atoms with Gasteiger partial charge in [-0.3, -0.25) is 0 Å². The van der Waals surface area contributed by atoms with Crippen LogP contribution >= 0.6 is 12.2 Å². The van der Waals surface area contributed by atoms with E-state index in [4.69, 9.17) is 26.1 Å².